The van der Waals surface area contributed by atoms with Crippen LogP contribution in [0.1, 0.15) is 15.9 Å². The fraction of sp³-hybridized carbons (Fsp3) is 0.462. The predicted octanol–water partition coefficient (Wildman–Crippen LogP) is 1.88. The number of hydrogen-bond acceptors (Lipinski definition) is 3. The van der Waals surface area contributed by atoms with Crippen molar-refractivity contribution in [2.45, 2.75) is 6.54 Å². The first kappa shape index (κ1) is 13.5. The van der Waals surface area contributed by atoms with Crippen molar-refractivity contribution >= 4 is 5.91 Å². The highest BCUT2D eigenvalue weighted by atomic mass is 16.1. The number of amides is 1. The van der Waals surface area contributed by atoms with Crippen molar-refractivity contribution in [2.75, 3.05) is 33.2 Å². The first-order chi connectivity index (χ1) is 9.19. The molecule has 1 heterocycles. The summed E-state index contributed by atoms with van der Waals surface area (Å²) in [7, 11) is 2.13. The minimum absolute atomic E-state index is 0.430. The van der Waals surface area contributed by atoms with Gasteiger partial charge in [-0.15, -0.1) is 0 Å². The number of azide groups is 1. The molecule has 1 saturated heterocycles. The molecule has 1 aromatic carbocycles. The Bertz CT molecular complexity index is 484. The third kappa shape index (κ3) is 3.79. The number of carbonyl (C=O) groups is 1. The van der Waals surface area contributed by atoms with Crippen molar-refractivity contribution in [1.29, 1.82) is 0 Å². The molecular formula is C13H17N5O. The fourth-order valence-corrected chi connectivity index (χ4v) is 2.12. The summed E-state index contributed by atoms with van der Waals surface area (Å²) in [5, 5.41) is 3.07. The van der Waals surface area contributed by atoms with Crippen LogP contribution in [0.15, 0.2) is 29.4 Å². The largest absolute Gasteiger partial charge is 0.304 e. The van der Waals surface area contributed by atoms with Crippen molar-refractivity contribution in [3.05, 3.63) is 45.8 Å². The average Bonchev–Trinajstić information content (AvgIpc) is 2.42. The number of hydrogen-bond donors (Lipinski definition) is 0. The number of benzene rings is 1. The first-order valence-corrected chi connectivity index (χ1v) is 6.28. The van der Waals surface area contributed by atoms with Crippen LogP contribution in [0.4, 0.5) is 0 Å². The lowest BCUT2D eigenvalue weighted by Gasteiger charge is -2.32. The van der Waals surface area contributed by atoms with Crippen LogP contribution >= 0.6 is 0 Å². The minimum atomic E-state index is -0.534. The van der Waals surface area contributed by atoms with Gasteiger partial charge in [0.2, 0.25) is 5.91 Å². The van der Waals surface area contributed by atoms with Crippen LogP contribution < -0.4 is 0 Å². The number of piperazine rings is 1. The number of nitrogens with zero attached hydrogens (tertiary/aromatic N) is 5. The second-order valence-corrected chi connectivity index (χ2v) is 4.77. The molecule has 1 aliphatic heterocycles. The molecule has 1 amide bonds. The maximum absolute atomic E-state index is 11.3. The van der Waals surface area contributed by atoms with Crippen molar-refractivity contribution in [2.24, 2.45) is 5.11 Å². The van der Waals surface area contributed by atoms with Gasteiger partial charge < -0.3 is 4.90 Å². The fourth-order valence-electron chi connectivity index (χ4n) is 2.12. The van der Waals surface area contributed by atoms with Crippen LogP contribution in [-0.2, 0) is 6.54 Å². The summed E-state index contributed by atoms with van der Waals surface area (Å²) >= 11 is 0. The Morgan fingerprint density at radius 1 is 1.26 bits per heavy atom. The van der Waals surface area contributed by atoms with E-state index in [4.69, 9.17) is 5.53 Å². The van der Waals surface area contributed by atoms with E-state index in [1.807, 2.05) is 12.1 Å². The van der Waals surface area contributed by atoms with E-state index in [0.29, 0.717) is 5.56 Å². The van der Waals surface area contributed by atoms with Crippen LogP contribution in [0.2, 0.25) is 0 Å². The summed E-state index contributed by atoms with van der Waals surface area (Å²) in [4.78, 5) is 18.6. The summed E-state index contributed by atoms with van der Waals surface area (Å²) in [6.07, 6.45) is 0. The molecule has 0 N–H and O–H groups in total. The smallest absolute Gasteiger partial charge is 0.249 e. The third-order valence-corrected chi connectivity index (χ3v) is 3.34. The maximum atomic E-state index is 11.3. The zero-order valence-corrected chi connectivity index (χ0v) is 11.0. The molecule has 0 aromatic heterocycles. The highest BCUT2D eigenvalue weighted by Crippen LogP contribution is 2.10. The standard InChI is InChI=1S/C13H17N5O/c1-17-6-8-18(9-7-17)10-11-2-4-12(5-3-11)13(19)15-16-14/h2-5H,6-10H2,1H3. The first-order valence-electron chi connectivity index (χ1n) is 6.28. The Hall–Kier alpha value is -1.88. The van der Waals surface area contributed by atoms with Crippen LogP contribution in [0.25, 0.3) is 10.4 Å². The Kier molecular flexibility index (Phi) is 4.52. The molecule has 6 nitrogen and oxygen atoms in total. The summed E-state index contributed by atoms with van der Waals surface area (Å²) in [5.41, 5.74) is 9.82. The summed E-state index contributed by atoms with van der Waals surface area (Å²) < 4.78 is 0. The van der Waals surface area contributed by atoms with E-state index in [-0.39, 0.29) is 0 Å². The zero-order valence-electron chi connectivity index (χ0n) is 11.0. The molecule has 1 aliphatic rings. The van der Waals surface area contributed by atoms with E-state index >= 15 is 0 Å². The lowest BCUT2D eigenvalue weighted by Crippen LogP contribution is -2.43. The predicted molar refractivity (Wildman–Crippen MR) is 72.7 cm³/mol. The second kappa shape index (κ2) is 6.33. The Morgan fingerprint density at radius 3 is 2.47 bits per heavy atom. The Balaban J connectivity index is 1.95. The SMILES string of the molecule is CN1CCN(Cc2ccc(C(=O)N=[N+]=[N-])cc2)CC1. The molecule has 0 saturated carbocycles. The van der Waals surface area contributed by atoms with Gasteiger partial charge in [0.05, 0.1) is 0 Å². The normalized spacial score (nSPS) is 16.9. The second-order valence-electron chi connectivity index (χ2n) is 4.77. The molecule has 0 spiro atoms. The molecule has 19 heavy (non-hydrogen) atoms. The van der Waals surface area contributed by atoms with Gasteiger partial charge in [0.25, 0.3) is 0 Å². The lowest BCUT2D eigenvalue weighted by atomic mass is 10.1. The maximum Gasteiger partial charge on any atom is 0.249 e. The molecule has 2 rings (SSSR count). The molecule has 0 bridgehead atoms. The average molecular weight is 259 g/mol. The number of rotatable bonds is 3. The van der Waals surface area contributed by atoms with Gasteiger partial charge in [0.1, 0.15) is 0 Å². The number of carbonyl (C=O) groups excluding carboxylic acids is 1. The van der Waals surface area contributed by atoms with Gasteiger partial charge in [-0.25, -0.2) is 0 Å². The molecule has 1 fully saturated rings. The summed E-state index contributed by atoms with van der Waals surface area (Å²) in [6.45, 7) is 5.20. The van der Waals surface area contributed by atoms with E-state index in [2.05, 4.69) is 26.9 Å². The topological polar surface area (TPSA) is 72.3 Å². The van der Waals surface area contributed by atoms with Gasteiger partial charge >= 0.3 is 0 Å². The van der Waals surface area contributed by atoms with Gasteiger partial charge in [-0.05, 0) is 23.3 Å². The molecule has 0 unspecified atom stereocenters. The molecule has 0 radical (unpaired) electrons. The summed E-state index contributed by atoms with van der Waals surface area (Å²) in [6, 6.07) is 7.25. The monoisotopic (exact) mass is 259 g/mol. The quantitative estimate of drug-likeness (QED) is 0.472. The van der Waals surface area contributed by atoms with Crippen molar-refractivity contribution in [3.63, 3.8) is 0 Å². The Labute approximate surface area is 112 Å². The number of likely N-dealkylation sites (N-methyl/N-ethyl adjacent to an activating group) is 1. The van der Waals surface area contributed by atoms with Crippen LogP contribution in [0.5, 0.6) is 0 Å². The van der Waals surface area contributed by atoms with Crippen LogP contribution in [0.3, 0.4) is 0 Å². The van der Waals surface area contributed by atoms with E-state index in [9.17, 15) is 4.79 Å². The van der Waals surface area contributed by atoms with Gasteiger partial charge in [-0.1, -0.05) is 24.3 Å². The van der Waals surface area contributed by atoms with E-state index < -0.39 is 5.91 Å². The van der Waals surface area contributed by atoms with Gasteiger partial charge in [-0.3, -0.25) is 9.69 Å². The third-order valence-electron chi connectivity index (χ3n) is 3.34. The molecule has 0 aliphatic carbocycles. The van der Waals surface area contributed by atoms with E-state index in [1.54, 1.807) is 12.1 Å². The zero-order chi connectivity index (χ0) is 13.7. The molecular weight excluding hydrogens is 242 g/mol. The molecule has 1 aromatic rings. The Morgan fingerprint density at radius 2 is 1.89 bits per heavy atom. The van der Waals surface area contributed by atoms with Crippen LogP contribution in [0, 0.1) is 0 Å². The molecule has 0 atom stereocenters. The van der Waals surface area contributed by atoms with Gasteiger partial charge in [-0.2, -0.15) is 0 Å². The van der Waals surface area contributed by atoms with Crippen molar-refractivity contribution in [3.8, 4) is 0 Å². The van der Waals surface area contributed by atoms with Crippen molar-refractivity contribution in [1.82, 2.24) is 9.80 Å². The van der Waals surface area contributed by atoms with E-state index in [1.165, 1.54) is 5.56 Å². The molecule has 100 valence electrons. The highest BCUT2D eigenvalue weighted by molar-refractivity contribution is 5.94. The van der Waals surface area contributed by atoms with Crippen LogP contribution in [-0.4, -0.2) is 48.9 Å². The highest BCUT2D eigenvalue weighted by Gasteiger charge is 2.13. The summed E-state index contributed by atoms with van der Waals surface area (Å²) in [5.74, 6) is -0.534. The van der Waals surface area contributed by atoms with Gasteiger partial charge in [0.15, 0.2) is 0 Å². The van der Waals surface area contributed by atoms with E-state index in [0.717, 1.165) is 32.7 Å². The van der Waals surface area contributed by atoms with Gasteiger partial charge in [0, 0.05) is 43.2 Å². The molecule has 6 heteroatoms. The van der Waals surface area contributed by atoms with Crippen molar-refractivity contribution < 1.29 is 4.79 Å². The lowest BCUT2D eigenvalue weighted by molar-refractivity contribution is 0.100. The minimum Gasteiger partial charge on any atom is -0.304 e.